The molecule has 2 heteroatoms. The number of hydrogen-bond donors (Lipinski definition) is 0. The molecule has 2 aromatic carbocycles. The topological polar surface area (TPSA) is 3.24 Å². The number of fused-ring (bicyclic) bond motifs is 2. The van der Waals surface area contributed by atoms with Crippen LogP contribution in [-0.4, -0.2) is 6.54 Å². The summed E-state index contributed by atoms with van der Waals surface area (Å²) in [6.07, 6.45) is 11.8. The van der Waals surface area contributed by atoms with Gasteiger partial charge >= 0.3 is 0 Å². The van der Waals surface area contributed by atoms with Crippen molar-refractivity contribution in [3.8, 4) is 0 Å². The molecule has 0 N–H and O–H groups in total. The first kappa shape index (κ1) is 18.8. The average molecular weight is 364 g/mol. The first-order valence-electron chi connectivity index (χ1n) is 9.76. The van der Waals surface area contributed by atoms with E-state index in [1.165, 1.54) is 65.3 Å². The minimum Gasteiger partial charge on any atom is -0.339 e. The SMILES string of the molecule is C=Cc1ccc2c(c1C=C)N(CCCCCCCC)c1ccccc1S2. The molecule has 0 aromatic heterocycles. The molecule has 26 heavy (non-hydrogen) atoms. The molecule has 0 fully saturated rings. The highest BCUT2D eigenvalue weighted by Gasteiger charge is 2.25. The normalized spacial score (nSPS) is 12.4. The molecule has 1 nitrogen and oxygen atoms in total. The van der Waals surface area contributed by atoms with Gasteiger partial charge in [-0.15, -0.1) is 0 Å². The molecule has 3 rings (SSSR count). The summed E-state index contributed by atoms with van der Waals surface area (Å²) >= 11 is 1.86. The van der Waals surface area contributed by atoms with Crippen LogP contribution in [-0.2, 0) is 0 Å². The lowest BCUT2D eigenvalue weighted by molar-refractivity contribution is 0.608. The first-order valence-corrected chi connectivity index (χ1v) is 10.6. The van der Waals surface area contributed by atoms with Crippen molar-refractivity contribution in [3.05, 3.63) is 60.7 Å². The Hall–Kier alpha value is -1.93. The van der Waals surface area contributed by atoms with Crippen molar-refractivity contribution >= 4 is 35.3 Å². The molecule has 0 amide bonds. The second-order valence-electron chi connectivity index (χ2n) is 6.81. The fraction of sp³-hybridized carbons (Fsp3) is 0.333. The van der Waals surface area contributed by atoms with Gasteiger partial charge in [0.25, 0.3) is 0 Å². The molecule has 1 aliphatic rings. The summed E-state index contributed by atoms with van der Waals surface area (Å²) in [5.74, 6) is 0. The van der Waals surface area contributed by atoms with Crippen LogP contribution >= 0.6 is 11.8 Å². The van der Waals surface area contributed by atoms with Crippen LogP contribution < -0.4 is 4.90 Å². The van der Waals surface area contributed by atoms with E-state index < -0.39 is 0 Å². The molecule has 0 spiro atoms. The van der Waals surface area contributed by atoms with E-state index in [0.717, 1.165) is 12.1 Å². The monoisotopic (exact) mass is 363 g/mol. The van der Waals surface area contributed by atoms with Gasteiger partial charge in [0.1, 0.15) is 0 Å². The van der Waals surface area contributed by atoms with Crippen LogP contribution in [0.4, 0.5) is 11.4 Å². The number of nitrogens with zero attached hydrogens (tertiary/aromatic N) is 1. The molecule has 1 heterocycles. The molecular formula is C24H29NS. The fourth-order valence-corrected chi connectivity index (χ4v) is 4.76. The van der Waals surface area contributed by atoms with E-state index >= 15 is 0 Å². The Morgan fingerprint density at radius 1 is 0.885 bits per heavy atom. The zero-order valence-electron chi connectivity index (χ0n) is 15.8. The van der Waals surface area contributed by atoms with Crippen LogP contribution in [0.25, 0.3) is 12.2 Å². The Labute approximate surface area is 162 Å². The second-order valence-corrected chi connectivity index (χ2v) is 7.90. The third-order valence-electron chi connectivity index (χ3n) is 5.02. The lowest BCUT2D eigenvalue weighted by Crippen LogP contribution is -2.23. The Morgan fingerprint density at radius 2 is 1.65 bits per heavy atom. The maximum atomic E-state index is 4.08. The highest BCUT2D eigenvalue weighted by atomic mass is 32.2. The van der Waals surface area contributed by atoms with Crippen LogP contribution in [0.15, 0.2) is 59.3 Å². The van der Waals surface area contributed by atoms with Gasteiger partial charge in [0.05, 0.1) is 11.4 Å². The highest BCUT2D eigenvalue weighted by Crippen LogP contribution is 2.50. The van der Waals surface area contributed by atoms with Crippen LogP contribution in [0.3, 0.4) is 0 Å². The Bertz CT molecular complexity index is 778. The van der Waals surface area contributed by atoms with Gasteiger partial charge in [0, 0.05) is 21.9 Å². The Morgan fingerprint density at radius 3 is 2.42 bits per heavy atom. The second kappa shape index (κ2) is 9.14. The Balaban J connectivity index is 1.89. The maximum absolute atomic E-state index is 4.08. The van der Waals surface area contributed by atoms with Gasteiger partial charge < -0.3 is 4.90 Å². The van der Waals surface area contributed by atoms with Gasteiger partial charge in [-0.3, -0.25) is 0 Å². The number of anilines is 2. The molecule has 0 saturated heterocycles. The average Bonchev–Trinajstić information content (AvgIpc) is 2.68. The van der Waals surface area contributed by atoms with Crippen LogP contribution in [0.5, 0.6) is 0 Å². The summed E-state index contributed by atoms with van der Waals surface area (Å²) in [7, 11) is 0. The molecule has 136 valence electrons. The molecule has 0 saturated carbocycles. The first-order chi connectivity index (χ1) is 12.8. The third-order valence-corrected chi connectivity index (χ3v) is 6.13. The van der Waals surface area contributed by atoms with Crippen molar-refractivity contribution in [3.63, 3.8) is 0 Å². The summed E-state index contributed by atoms with van der Waals surface area (Å²) in [6.45, 7) is 11.4. The maximum Gasteiger partial charge on any atom is 0.0632 e. The van der Waals surface area contributed by atoms with Gasteiger partial charge in [0.2, 0.25) is 0 Å². The number of hydrogen-bond acceptors (Lipinski definition) is 2. The lowest BCUT2D eigenvalue weighted by Gasteiger charge is -2.34. The van der Waals surface area contributed by atoms with Crippen molar-refractivity contribution in [1.82, 2.24) is 0 Å². The zero-order chi connectivity index (χ0) is 18.4. The predicted molar refractivity (Wildman–Crippen MR) is 118 cm³/mol. The summed E-state index contributed by atoms with van der Waals surface area (Å²) in [5, 5.41) is 0. The van der Waals surface area contributed by atoms with E-state index in [0.29, 0.717) is 0 Å². The number of rotatable bonds is 9. The van der Waals surface area contributed by atoms with E-state index in [9.17, 15) is 0 Å². The number of para-hydroxylation sites is 1. The highest BCUT2D eigenvalue weighted by molar-refractivity contribution is 7.99. The van der Waals surface area contributed by atoms with E-state index in [2.05, 4.69) is 61.4 Å². The minimum atomic E-state index is 1.05. The van der Waals surface area contributed by atoms with Crippen LogP contribution in [0.1, 0.15) is 56.6 Å². The molecule has 0 radical (unpaired) electrons. The largest absolute Gasteiger partial charge is 0.339 e. The van der Waals surface area contributed by atoms with E-state index in [1.807, 2.05) is 23.9 Å². The molecular weight excluding hydrogens is 334 g/mol. The van der Waals surface area contributed by atoms with Crippen molar-refractivity contribution in [2.45, 2.75) is 55.2 Å². The Kier molecular flexibility index (Phi) is 6.62. The fourth-order valence-electron chi connectivity index (χ4n) is 3.64. The summed E-state index contributed by atoms with van der Waals surface area (Å²) in [6, 6.07) is 13.1. The van der Waals surface area contributed by atoms with Crippen LogP contribution in [0.2, 0.25) is 0 Å². The third kappa shape index (κ3) is 3.91. The lowest BCUT2D eigenvalue weighted by atomic mass is 10.0. The van der Waals surface area contributed by atoms with Gasteiger partial charge in [-0.1, -0.05) is 94.3 Å². The standard InChI is InChI=1S/C24H29NS/c1-4-7-8-9-10-13-18-25-21-14-11-12-15-22(21)26-23-17-16-19(5-2)20(6-3)24(23)25/h5-6,11-12,14-17H,2-4,7-10,13,18H2,1H3. The summed E-state index contributed by atoms with van der Waals surface area (Å²) in [4.78, 5) is 5.16. The van der Waals surface area contributed by atoms with Crippen molar-refractivity contribution in [2.24, 2.45) is 0 Å². The molecule has 0 aliphatic carbocycles. The summed E-state index contributed by atoms with van der Waals surface area (Å²) < 4.78 is 0. The van der Waals surface area contributed by atoms with Gasteiger partial charge in [0.15, 0.2) is 0 Å². The van der Waals surface area contributed by atoms with Crippen molar-refractivity contribution in [2.75, 3.05) is 11.4 Å². The van der Waals surface area contributed by atoms with Crippen LogP contribution in [0, 0.1) is 0 Å². The van der Waals surface area contributed by atoms with Crippen molar-refractivity contribution < 1.29 is 0 Å². The predicted octanol–water partition coefficient (Wildman–Crippen LogP) is 7.94. The molecule has 0 unspecified atom stereocenters. The number of benzene rings is 2. The van der Waals surface area contributed by atoms with E-state index in [-0.39, 0.29) is 0 Å². The van der Waals surface area contributed by atoms with Gasteiger partial charge in [-0.05, 0) is 30.2 Å². The molecule has 0 bridgehead atoms. The molecule has 2 aromatic rings. The zero-order valence-corrected chi connectivity index (χ0v) is 16.7. The quantitative estimate of drug-likeness (QED) is 0.416. The van der Waals surface area contributed by atoms with E-state index in [1.54, 1.807) is 0 Å². The minimum absolute atomic E-state index is 1.05. The van der Waals surface area contributed by atoms with Gasteiger partial charge in [-0.25, -0.2) is 0 Å². The van der Waals surface area contributed by atoms with Gasteiger partial charge in [-0.2, -0.15) is 0 Å². The number of unbranched alkanes of at least 4 members (excludes halogenated alkanes) is 5. The van der Waals surface area contributed by atoms with E-state index in [4.69, 9.17) is 0 Å². The smallest absolute Gasteiger partial charge is 0.0632 e. The summed E-state index contributed by atoms with van der Waals surface area (Å²) in [5.41, 5.74) is 4.98. The molecule has 1 aliphatic heterocycles. The molecule has 0 atom stereocenters. The van der Waals surface area contributed by atoms with Crippen molar-refractivity contribution in [1.29, 1.82) is 0 Å².